The minimum Gasteiger partial charge on any atom is -0.457 e. The second-order valence-corrected chi connectivity index (χ2v) is 24.2. The molecule has 0 radical (unpaired) electrons. The van der Waals surface area contributed by atoms with Gasteiger partial charge in [-0.2, -0.15) is 0 Å². The van der Waals surface area contributed by atoms with Crippen molar-refractivity contribution in [3.05, 3.63) is 166 Å². The van der Waals surface area contributed by atoms with Crippen LogP contribution in [-0.4, -0.2) is 37.4 Å². The summed E-state index contributed by atoms with van der Waals surface area (Å²) in [5.41, 5.74) is 19.8. The maximum Gasteiger partial charge on any atom is 0.137 e. The van der Waals surface area contributed by atoms with E-state index in [1.54, 1.807) is 0 Å². The average molecular weight is 898 g/mol. The molecule has 1 aliphatic carbocycles. The highest BCUT2D eigenvalue weighted by Crippen LogP contribution is 2.68. The molecule has 346 valence electrons. The van der Waals surface area contributed by atoms with Gasteiger partial charge in [-0.25, -0.2) is 4.98 Å². The quantitative estimate of drug-likeness (QED) is 0.176. The number of aromatic nitrogens is 2. The van der Waals surface area contributed by atoms with E-state index in [-0.39, 0.29) is 21.7 Å². The van der Waals surface area contributed by atoms with Crippen LogP contribution in [0.4, 0.5) is 22.7 Å². The lowest BCUT2D eigenvalue weighted by Gasteiger charge is -2.46. The number of nitrogens with zero attached hydrogens (tertiary/aromatic N) is 5. The molecule has 0 bridgehead atoms. The zero-order valence-corrected chi connectivity index (χ0v) is 42.9. The van der Waals surface area contributed by atoms with E-state index in [0.717, 1.165) is 46.1 Å². The third-order valence-corrected chi connectivity index (χ3v) is 15.1. The van der Waals surface area contributed by atoms with Crippen LogP contribution >= 0.6 is 0 Å². The molecule has 2 aromatic heterocycles. The fourth-order valence-electron chi connectivity index (χ4n) is 11.7. The summed E-state index contributed by atoms with van der Waals surface area (Å²) in [6.07, 6.45) is 1.86. The predicted octanol–water partition coefficient (Wildman–Crippen LogP) is 15.4. The van der Waals surface area contributed by atoms with Crippen molar-refractivity contribution in [2.75, 3.05) is 42.5 Å². The van der Waals surface area contributed by atoms with Crippen LogP contribution in [0.15, 0.2) is 121 Å². The van der Waals surface area contributed by atoms with E-state index in [0.29, 0.717) is 0 Å². The van der Waals surface area contributed by atoms with E-state index in [9.17, 15) is 0 Å². The number of para-hydroxylation sites is 1. The molecule has 0 N–H and O–H groups in total. The van der Waals surface area contributed by atoms with Gasteiger partial charge >= 0.3 is 0 Å². The SMILES string of the molecule is CN(C)c1ccc2c(c1)c1ccc(Oc3ccc4c(c3)N3CN(C)c5cccc(c53)C43c4c(cc(C(C)(C)C)cc4C(C)(C)C)-c4cc(C(C)(C)C)cc(C(C)(C)C)c43)cc1n2-c1ccccn1. The Labute approximate surface area is 404 Å². The zero-order valence-electron chi connectivity index (χ0n) is 42.9. The van der Waals surface area contributed by atoms with Crippen LogP contribution in [0, 0.1) is 0 Å². The van der Waals surface area contributed by atoms with E-state index < -0.39 is 5.41 Å². The van der Waals surface area contributed by atoms with Crippen molar-refractivity contribution in [2.24, 2.45) is 0 Å². The Hall–Kier alpha value is -6.53. The molecule has 3 aliphatic rings. The van der Waals surface area contributed by atoms with Gasteiger partial charge in [-0.3, -0.25) is 4.57 Å². The van der Waals surface area contributed by atoms with Gasteiger partial charge in [0.1, 0.15) is 17.3 Å². The number of rotatable bonds is 4. The first-order valence-corrected chi connectivity index (χ1v) is 24.5. The van der Waals surface area contributed by atoms with Crippen molar-refractivity contribution in [1.82, 2.24) is 9.55 Å². The minimum absolute atomic E-state index is 0.0478. The molecule has 8 aromatic rings. The summed E-state index contributed by atoms with van der Waals surface area (Å²) in [7, 11) is 6.42. The van der Waals surface area contributed by atoms with Crippen molar-refractivity contribution < 1.29 is 4.74 Å². The summed E-state index contributed by atoms with van der Waals surface area (Å²) in [4.78, 5) is 12.0. The molecule has 11 rings (SSSR count). The summed E-state index contributed by atoms with van der Waals surface area (Å²) in [6, 6.07) is 43.6. The number of anilines is 4. The first-order chi connectivity index (χ1) is 32.0. The van der Waals surface area contributed by atoms with E-state index in [1.165, 1.54) is 78.1 Å². The summed E-state index contributed by atoms with van der Waals surface area (Å²) < 4.78 is 9.36. The van der Waals surface area contributed by atoms with Gasteiger partial charge < -0.3 is 19.4 Å². The first kappa shape index (κ1) is 44.0. The second kappa shape index (κ2) is 14.5. The topological polar surface area (TPSA) is 36.8 Å². The molecule has 0 amide bonds. The van der Waals surface area contributed by atoms with Gasteiger partial charge in [0.2, 0.25) is 0 Å². The lowest BCUT2D eigenvalue weighted by Crippen LogP contribution is -2.40. The van der Waals surface area contributed by atoms with Gasteiger partial charge in [-0.15, -0.1) is 0 Å². The summed E-state index contributed by atoms with van der Waals surface area (Å²) in [6.45, 7) is 29.4. The number of ether oxygens (including phenoxy) is 1. The number of benzene rings is 6. The van der Waals surface area contributed by atoms with Crippen LogP contribution in [0.25, 0.3) is 38.8 Å². The fraction of sp³-hybridized carbons (Fsp3) is 0.339. The van der Waals surface area contributed by atoms with Crippen LogP contribution < -0.4 is 19.4 Å². The molecule has 0 unspecified atom stereocenters. The molecule has 4 heterocycles. The van der Waals surface area contributed by atoms with Gasteiger partial charge in [-0.05, 0) is 132 Å². The Morgan fingerprint density at radius 1 is 0.559 bits per heavy atom. The molecular weight excluding hydrogens is 831 g/mol. The highest BCUT2D eigenvalue weighted by molar-refractivity contribution is 6.10. The smallest absolute Gasteiger partial charge is 0.137 e. The normalized spacial score (nSPS) is 15.0. The van der Waals surface area contributed by atoms with Crippen LogP contribution in [0.5, 0.6) is 11.5 Å². The van der Waals surface area contributed by atoms with Crippen molar-refractivity contribution in [1.29, 1.82) is 0 Å². The zero-order chi connectivity index (χ0) is 48.2. The lowest BCUT2D eigenvalue weighted by atomic mass is 9.59. The van der Waals surface area contributed by atoms with Gasteiger partial charge in [0.05, 0.1) is 40.2 Å². The highest BCUT2D eigenvalue weighted by Gasteiger charge is 2.57. The average Bonchev–Trinajstić information content (AvgIpc) is 3.89. The number of hydrogen-bond donors (Lipinski definition) is 0. The molecule has 0 saturated carbocycles. The van der Waals surface area contributed by atoms with E-state index in [2.05, 4.69) is 233 Å². The molecule has 2 aliphatic heterocycles. The van der Waals surface area contributed by atoms with Gasteiger partial charge in [0.25, 0.3) is 0 Å². The molecular formula is C62H67N5O. The summed E-state index contributed by atoms with van der Waals surface area (Å²) in [5.74, 6) is 2.46. The van der Waals surface area contributed by atoms with Crippen molar-refractivity contribution in [2.45, 2.75) is 110 Å². The molecule has 6 nitrogen and oxygen atoms in total. The monoisotopic (exact) mass is 898 g/mol. The Bertz CT molecular complexity index is 3300. The van der Waals surface area contributed by atoms with E-state index in [1.807, 2.05) is 12.3 Å². The standard InChI is InChI=1S/C62H67N5O/c1-58(2,3)37-29-44-45-30-38(59(4,5)6)32-49(61(10,11)12)56(45)62(55(44)48(31-37)60(7,8)9)46-26-24-41(35-53(46)66-36-65(15)51-20-18-19-47(62)57(51)66)68-40-23-25-42-43-33-39(64(13)14)22-27-50(43)67(52(42)34-40)54-21-16-17-28-63-54/h16-35H,36H2,1-15H3. The Morgan fingerprint density at radius 3 is 1.78 bits per heavy atom. The van der Waals surface area contributed by atoms with Crippen LogP contribution in [0.1, 0.15) is 128 Å². The maximum atomic E-state index is 7.10. The van der Waals surface area contributed by atoms with Crippen molar-refractivity contribution >= 4 is 44.6 Å². The molecule has 6 aromatic carbocycles. The van der Waals surface area contributed by atoms with Crippen molar-refractivity contribution in [3.63, 3.8) is 0 Å². The van der Waals surface area contributed by atoms with Crippen molar-refractivity contribution in [3.8, 4) is 28.4 Å². The molecule has 0 atom stereocenters. The van der Waals surface area contributed by atoms with Gasteiger partial charge in [-0.1, -0.05) is 132 Å². The largest absolute Gasteiger partial charge is 0.457 e. The summed E-state index contributed by atoms with van der Waals surface area (Å²) in [5, 5.41) is 2.34. The second-order valence-electron chi connectivity index (χ2n) is 24.2. The van der Waals surface area contributed by atoms with Gasteiger partial charge in [0, 0.05) is 55.9 Å². The Kier molecular flexibility index (Phi) is 9.38. The van der Waals surface area contributed by atoms with Gasteiger partial charge in [0.15, 0.2) is 0 Å². The molecule has 0 fully saturated rings. The number of fused-ring (bicyclic) bond motifs is 12. The van der Waals surface area contributed by atoms with Crippen LogP contribution in [0.2, 0.25) is 0 Å². The van der Waals surface area contributed by atoms with Crippen LogP contribution in [0.3, 0.4) is 0 Å². The molecule has 68 heavy (non-hydrogen) atoms. The fourth-order valence-corrected chi connectivity index (χ4v) is 11.7. The van der Waals surface area contributed by atoms with E-state index >= 15 is 0 Å². The number of pyridine rings is 1. The molecule has 0 saturated heterocycles. The first-order valence-electron chi connectivity index (χ1n) is 24.5. The Morgan fingerprint density at radius 2 is 1.19 bits per heavy atom. The van der Waals surface area contributed by atoms with Crippen LogP contribution in [-0.2, 0) is 27.1 Å². The maximum absolute atomic E-state index is 7.10. The van der Waals surface area contributed by atoms with E-state index in [4.69, 9.17) is 9.72 Å². The third-order valence-electron chi connectivity index (χ3n) is 15.1. The highest BCUT2D eigenvalue weighted by atomic mass is 16.5. The lowest BCUT2D eigenvalue weighted by molar-refractivity contribution is 0.482. The molecule has 1 spiro atoms. The number of hydrogen-bond acceptors (Lipinski definition) is 5. The minimum atomic E-state index is -0.614. The Balaban J connectivity index is 1.20. The molecule has 6 heteroatoms. The summed E-state index contributed by atoms with van der Waals surface area (Å²) >= 11 is 0. The third kappa shape index (κ3) is 6.38. The predicted molar refractivity (Wildman–Crippen MR) is 287 cm³/mol.